The Morgan fingerprint density at radius 3 is 1.44 bits per heavy atom. The Labute approximate surface area is 104 Å². The van der Waals surface area contributed by atoms with Crippen LogP contribution in [0.5, 0.6) is 0 Å². The first-order valence-corrected chi connectivity index (χ1v) is 7.83. The molecule has 16 heavy (non-hydrogen) atoms. The zero-order valence-corrected chi connectivity index (χ0v) is 12.2. The molecule has 0 nitrogen and oxygen atoms in total. The van der Waals surface area contributed by atoms with Gasteiger partial charge in [0, 0.05) is 0 Å². The van der Waals surface area contributed by atoms with Crippen molar-refractivity contribution >= 4 is 0 Å². The minimum atomic E-state index is 1.05. The van der Waals surface area contributed by atoms with Gasteiger partial charge in [0.2, 0.25) is 0 Å². The van der Waals surface area contributed by atoms with Gasteiger partial charge in [-0.1, -0.05) is 91.9 Å². The van der Waals surface area contributed by atoms with E-state index in [9.17, 15) is 0 Å². The standard InChI is InChI=1S/C8H16.C6H12.C2H6/c1-2-8-6-4-3-5-7-8;1-6-4-2-3-5-6;1-2/h8H,2-7H2,1H3;6H,2-5H2,1H3;1-2H3. The Bertz CT molecular complexity index is 116. The van der Waals surface area contributed by atoms with Gasteiger partial charge in [-0.2, -0.15) is 0 Å². The zero-order chi connectivity index (χ0) is 12.2. The second kappa shape index (κ2) is 11.5. The highest BCUT2D eigenvalue weighted by molar-refractivity contribution is 4.63. The molecule has 0 atom stereocenters. The van der Waals surface area contributed by atoms with Crippen molar-refractivity contribution in [3.05, 3.63) is 0 Å². The van der Waals surface area contributed by atoms with Crippen molar-refractivity contribution in [1.82, 2.24) is 0 Å². The van der Waals surface area contributed by atoms with Crippen LogP contribution >= 0.6 is 0 Å². The van der Waals surface area contributed by atoms with Crippen LogP contribution in [0.3, 0.4) is 0 Å². The summed E-state index contributed by atoms with van der Waals surface area (Å²) in [5, 5.41) is 0. The fraction of sp³-hybridized carbons (Fsp3) is 1.00. The van der Waals surface area contributed by atoms with Gasteiger partial charge in [-0.05, 0) is 11.8 Å². The maximum absolute atomic E-state index is 2.34. The lowest BCUT2D eigenvalue weighted by molar-refractivity contribution is 0.349. The maximum Gasteiger partial charge on any atom is -0.0417 e. The third kappa shape index (κ3) is 8.19. The monoisotopic (exact) mass is 226 g/mol. The van der Waals surface area contributed by atoms with Crippen LogP contribution in [0.25, 0.3) is 0 Å². The van der Waals surface area contributed by atoms with E-state index < -0.39 is 0 Å². The van der Waals surface area contributed by atoms with Gasteiger partial charge in [-0.3, -0.25) is 0 Å². The van der Waals surface area contributed by atoms with E-state index in [2.05, 4.69) is 13.8 Å². The lowest BCUT2D eigenvalue weighted by Gasteiger charge is -2.18. The van der Waals surface area contributed by atoms with E-state index in [1.807, 2.05) is 13.8 Å². The molecule has 0 heteroatoms. The molecule has 2 fully saturated rings. The van der Waals surface area contributed by atoms with Gasteiger partial charge in [0.15, 0.2) is 0 Å². The van der Waals surface area contributed by atoms with E-state index in [4.69, 9.17) is 0 Å². The molecular weight excluding hydrogens is 192 g/mol. The lowest BCUT2D eigenvalue weighted by atomic mass is 9.88. The molecule has 0 spiro atoms. The minimum Gasteiger partial charge on any atom is -0.0683 e. The summed E-state index contributed by atoms with van der Waals surface area (Å²) < 4.78 is 0. The van der Waals surface area contributed by atoms with E-state index >= 15 is 0 Å². The van der Waals surface area contributed by atoms with Crippen LogP contribution in [0.1, 0.15) is 91.9 Å². The Morgan fingerprint density at radius 2 is 1.19 bits per heavy atom. The molecule has 0 unspecified atom stereocenters. The van der Waals surface area contributed by atoms with Crippen LogP contribution in [0.2, 0.25) is 0 Å². The van der Waals surface area contributed by atoms with Crippen molar-refractivity contribution < 1.29 is 0 Å². The predicted octanol–water partition coefficient (Wildman–Crippen LogP) is 6.20. The van der Waals surface area contributed by atoms with E-state index in [-0.39, 0.29) is 0 Å². The van der Waals surface area contributed by atoms with Crippen molar-refractivity contribution in [2.24, 2.45) is 11.8 Å². The van der Waals surface area contributed by atoms with Gasteiger partial charge in [0.1, 0.15) is 0 Å². The van der Waals surface area contributed by atoms with Gasteiger partial charge in [0.25, 0.3) is 0 Å². The molecule has 0 aromatic rings. The number of hydrogen-bond donors (Lipinski definition) is 0. The average Bonchev–Trinajstić information content (AvgIpc) is 2.85. The van der Waals surface area contributed by atoms with Gasteiger partial charge >= 0.3 is 0 Å². The summed E-state index contributed by atoms with van der Waals surface area (Å²) in [4.78, 5) is 0. The molecule has 2 saturated carbocycles. The second-order valence-electron chi connectivity index (χ2n) is 5.30. The van der Waals surface area contributed by atoms with Crippen molar-refractivity contribution in [3.8, 4) is 0 Å². The molecule has 0 aliphatic heterocycles. The highest BCUT2D eigenvalue weighted by Crippen LogP contribution is 2.25. The first-order chi connectivity index (χ1) is 7.83. The molecule has 0 bridgehead atoms. The fourth-order valence-corrected chi connectivity index (χ4v) is 2.73. The maximum atomic E-state index is 2.34. The second-order valence-corrected chi connectivity index (χ2v) is 5.30. The first-order valence-electron chi connectivity index (χ1n) is 7.83. The molecule has 0 heterocycles. The summed E-state index contributed by atoms with van der Waals surface area (Å²) in [6, 6.07) is 0. The smallest absolute Gasteiger partial charge is 0.0417 e. The van der Waals surface area contributed by atoms with Gasteiger partial charge in [-0.15, -0.1) is 0 Å². The van der Waals surface area contributed by atoms with Crippen molar-refractivity contribution in [3.63, 3.8) is 0 Å². The Hall–Kier alpha value is 0. The zero-order valence-electron chi connectivity index (χ0n) is 12.2. The first kappa shape index (κ1) is 16.0. The minimum absolute atomic E-state index is 1.05. The van der Waals surface area contributed by atoms with E-state index in [0.29, 0.717) is 0 Å². The molecule has 0 aromatic carbocycles. The van der Waals surface area contributed by atoms with E-state index in [1.165, 1.54) is 64.2 Å². The van der Waals surface area contributed by atoms with Crippen LogP contribution in [-0.4, -0.2) is 0 Å². The Balaban J connectivity index is 0.000000251. The lowest BCUT2D eigenvalue weighted by Crippen LogP contribution is -2.03. The van der Waals surface area contributed by atoms with Gasteiger partial charge in [-0.25, -0.2) is 0 Å². The summed E-state index contributed by atoms with van der Waals surface area (Å²) in [6.45, 7) is 8.66. The molecule has 0 saturated heterocycles. The average molecular weight is 226 g/mol. The summed E-state index contributed by atoms with van der Waals surface area (Å²) >= 11 is 0. The molecule has 0 amide bonds. The van der Waals surface area contributed by atoms with Crippen LogP contribution in [0.4, 0.5) is 0 Å². The molecule has 2 rings (SSSR count). The molecule has 98 valence electrons. The molecular formula is C16H34. The number of hydrogen-bond acceptors (Lipinski definition) is 0. The quantitative estimate of drug-likeness (QED) is 0.499. The summed E-state index contributed by atoms with van der Waals surface area (Å²) in [7, 11) is 0. The molecule has 0 aromatic heterocycles. The van der Waals surface area contributed by atoms with Crippen molar-refractivity contribution in [2.75, 3.05) is 0 Å². The Morgan fingerprint density at radius 1 is 0.750 bits per heavy atom. The highest BCUT2D eigenvalue weighted by atomic mass is 14.2. The van der Waals surface area contributed by atoms with E-state index in [1.54, 1.807) is 0 Å². The predicted molar refractivity (Wildman–Crippen MR) is 75.8 cm³/mol. The SMILES string of the molecule is CC.CC1CCCC1.CCC1CCCCC1. The topological polar surface area (TPSA) is 0 Å². The molecule has 0 N–H and O–H groups in total. The third-order valence-corrected chi connectivity index (χ3v) is 3.95. The van der Waals surface area contributed by atoms with Crippen molar-refractivity contribution in [1.29, 1.82) is 0 Å². The summed E-state index contributed by atoms with van der Waals surface area (Å²) in [5.74, 6) is 2.13. The van der Waals surface area contributed by atoms with E-state index in [0.717, 1.165) is 11.8 Å². The summed E-state index contributed by atoms with van der Waals surface area (Å²) in [6.07, 6.45) is 14.9. The fourth-order valence-electron chi connectivity index (χ4n) is 2.73. The Kier molecular flexibility index (Phi) is 11.5. The summed E-state index contributed by atoms with van der Waals surface area (Å²) in [5.41, 5.74) is 0. The molecule has 2 aliphatic rings. The third-order valence-electron chi connectivity index (χ3n) is 3.95. The largest absolute Gasteiger partial charge is 0.0683 e. The molecule has 2 aliphatic carbocycles. The highest BCUT2D eigenvalue weighted by Gasteiger charge is 2.09. The van der Waals surface area contributed by atoms with Crippen molar-refractivity contribution in [2.45, 2.75) is 91.9 Å². The normalized spacial score (nSPS) is 21.8. The van der Waals surface area contributed by atoms with Crippen LogP contribution in [0, 0.1) is 11.8 Å². The van der Waals surface area contributed by atoms with Crippen LogP contribution < -0.4 is 0 Å². The van der Waals surface area contributed by atoms with Crippen LogP contribution in [0.15, 0.2) is 0 Å². The van der Waals surface area contributed by atoms with Crippen LogP contribution in [-0.2, 0) is 0 Å². The molecule has 0 radical (unpaired) electrons. The van der Waals surface area contributed by atoms with Gasteiger partial charge in [0.05, 0.1) is 0 Å². The number of rotatable bonds is 1. The van der Waals surface area contributed by atoms with Gasteiger partial charge < -0.3 is 0 Å².